The number of carbonyl (C=O) groups is 1. The van der Waals surface area contributed by atoms with Gasteiger partial charge in [-0.25, -0.2) is 0 Å². The largest absolute Gasteiger partial charge is 0.379 e. The number of aryl methyl sites for hydroxylation is 1. The molecule has 0 unspecified atom stereocenters. The van der Waals surface area contributed by atoms with E-state index in [4.69, 9.17) is 4.74 Å². The third-order valence-corrected chi connectivity index (χ3v) is 6.50. The van der Waals surface area contributed by atoms with Crippen molar-refractivity contribution in [3.05, 3.63) is 36.7 Å². The van der Waals surface area contributed by atoms with Crippen molar-refractivity contribution in [3.8, 4) is 11.1 Å². The molecule has 3 aromatic rings. The molecule has 8 heteroatoms. The highest BCUT2D eigenvalue weighted by molar-refractivity contribution is 5.94. The van der Waals surface area contributed by atoms with Gasteiger partial charge in [-0.2, -0.15) is 5.10 Å². The van der Waals surface area contributed by atoms with Crippen molar-refractivity contribution in [2.75, 3.05) is 31.6 Å². The quantitative estimate of drug-likeness (QED) is 0.699. The molecule has 2 fully saturated rings. The number of nitrogens with one attached hydrogen (secondary N) is 1. The van der Waals surface area contributed by atoms with E-state index in [0.29, 0.717) is 11.9 Å². The molecule has 5 rings (SSSR count). The van der Waals surface area contributed by atoms with Gasteiger partial charge in [-0.15, -0.1) is 10.2 Å². The number of ether oxygens (including phenoxy) is 1. The van der Waals surface area contributed by atoms with Gasteiger partial charge in [0.2, 0.25) is 5.91 Å². The van der Waals surface area contributed by atoms with Crippen molar-refractivity contribution in [1.82, 2.24) is 24.9 Å². The van der Waals surface area contributed by atoms with Gasteiger partial charge in [-0.3, -0.25) is 14.4 Å². The Morgan fingerprint density at radius 3 is 2.61 bits per heavy atom. The van der Waals surface area contributed by atoms with E-state index in [9.17, 15) is 4.79 Å². The zero-order chi connectivity index (χ0) is 21.2. The molecular formula is C23H28N6O2. The van der Waals surface area contributed by atoms with Crippen molar-refractivity contribution >= 4 is 22.6 Å². The van der Waals surface area contributed by atoms with Crippen LogP contribution in [0, 0.1) is 5.92 Å². The summed E-state index contributed by atoms with van der Waals surface area (Å²) in [7, 11) is 1.90. The summed E-state index contributed by atoms with van der Waals surface area (Å²) in [6.45, 7) is 3.66. The molecule has 0 bridgehead atoms. The van der Waals surface area contributed by atoms with E-state index in [-0.39, 0.29) is 11.8 Å². The molecule has 1 N–H and O–H groups in total. The van der Waals surface area contributed by atoms with Crippen LogP contribution in [0.3, 0.4) is 0 Å². The molecule has 0 atom stereocenters. The predicted octanol–water partition coefficient (Wildman–Crippen LogP) is 2.86. The van der Waals surface area contributed by atoms with E-state index in [0.717, 1.165) is 74.0 Å². The molecule has 8 nitrogen and oxygen atoms in total. The SMILES string of the molecule is Cn1cc(-c2ccc3nnc(NC(=O)[C@H]4CC[C@H](N5CCOCC5)CC4)cc3c2)cn1. The first-order valence-electron chi connectivity index (χ1n) is 11.0. The lowest BCUT2D eigenvalue weighted by Gasteiger charge is -2.38. The van der Waals surface area contributed by atoms with Crippen molar-refractivity contribution in [2.24, 2.45) is 13.0 Å². The number of fused-ring (bicyclic) bond motifs is 1. The van der Waals surface area contributed by atoms with Crippen LogP contribution in [0.15, 0.2) is 36.7 Å². The van der Waals surface area contributed by atoms with Crippen molar-refractivity contribution in [2.45, 2.75) is 31.7 Å². The maximum atomic E-state index is 12.9. The highest BCUT2D eigenvalue weighted by Gasteiger charge is 2.30. The van der Waals surface area contributed by atoms with E-state index in [1.807, 2.05) is 37.6 Å². The lowest BCUT2D eigenvalue weighted by molar-refractivity contribution is -0.121. The van der Waals surface area contributed by atoms with Crippen LogP contribution in [-0.2, 0) is 16.6 Å². The average molecular weight is 421 g/mol. The topological polar surface area (TPSA) is 85.2 Å². The zero-order valence-corrected chi connectivity index (χ0v) is 17.8. The van der Waals surface area contributed by atoms with Gasteiger partial charge >= 0.3 is 0 Å². The number of rotatable bonds is 4. The minimum absolute atomic E-state index is 0.0384. The molecule has 2 aliphatic rings. The maximum Gasteiger partial charge on any atom is 0.228 e. The average Bonchev–Trinajstić information content (AvgIpc) is 3.25. The fraction of sp³-hybridized carbons (Fsp3) is 0.478. The van der Waals surface area contributed by atoms with Crippen LogP contribution >= 0.6 is 0 Å². The van der Waals surface area contributed by atoms with E-state index in [2.05, 4.69) is 31.6 Å². The summed E-state index contributed by atoms with van der Waals surface area (Å²) in [5.41, 5.74) is 2.91. The monoisotopic (exact) mass is 420 g/mol. The predicted molar refractivity (Wildman–Crippen MR) is 119 cm³/mol. The minimum atomic E-state index is 0.0384. The number of aromatic nitrogens is 4. The molecule has 2 aromatic heterocycles. The third kappa shape index (κ3) is 4.45. The Morgan fingerprint density at radius 1 is 1.06 bits per heavy atom. The van der Waals surface area contributed by atoms with Crippen LogP contribution in [0.5, 0.6) is 0 Å². The Balaban J connectivity index is 1.24. The number of nitrogens with zero attached hydrogens (tertiary/aromatic N) is 5. The van der Waals surface area contributed by atoms with Crippen LogP contribution in [0.1, 0.15) is 25.7 Å². The van der Waals surface area contributed by atoms with E-state index >= 15 is 0 Å². The Morgan fingerprint density at radius 2 is 1.87 bits per heavy atom. The number of hydrogen-bond donors (Lipinski definition) is 1. The zero-order valence-electron chi connectivity index (χ0n) is 17.8. The van der Waals surface area contributed by atoms with E-state index in [1.54, 1.807) is 4.68 Å². The van der Waals surface area contributed by atoms with E-state index in [1.165, 1.54) is 0 Å². The van der Waals surface area contributed by atoms with Crippen LogP contribution in [0.25, 0.3) is 22.0 Å². The van der Waals surface area contributed by atoms with Gasteiger partial charge in [0.25, 0.3) is 0 Å². The number of carbonyl (C=O) groups excluding carboxylic acids is 1. The number of amides is 1. The van der Waals surface area contributed by atoms with Crippen molar-refractivity contribution in [1.29, 1.82) is 0 Å². The summed E-state index contributed by atoms with van der Waals surface area (Å²) >= 11 is 0. The molecule has 1 aliphatic carbocycles. The summed E-state index contributed by atoms with van der Waals surface area (Å²) in [5, 5.41) is 16.7. The van der Waals surface area contributed by atoms with Crippen LogP contribution in [0.4, 0.5) is 5.82 Å². The highest BCUT2D eigenvalue weighted by atomic mass is 16.5. The molecule has 1 aliphatic heterocycles. The summed E-state index contributed by atoms with van der Waals surface area (Å²) in [6.07, 6.45) is 7.78. The molecule has 3 heterocycles. The van der Waals surface area contributed by atoms with Crippen LogP contribution in [0.2, 0.25) is 0 Å². The molecule has 1 amide bonds. The number of benzene rings is 1. The van der Waals surface area contributed by atoms with Gasteiger partial charge in [-0.05, 0) is 49.4 Å². The molecule has 31 heavy (non-hydrogen) atoms. The first kappa shape index (κ1) is 20.1. The summed E-state index contributed by atoms with van der Waals surface area (Å²) in [4.78, 5) is 15.4. The fourth-order valence-corrected chi connectivity index (χ4v) is 4.73. The van der Waals surface area contributed by atoms with Crippen molar-refractivity contribution in [3.63, 3.8) is 0 Å². The lowest BCUT2D eigenvalue weighted by Crippen LogP contribution is -2.45. The fourth-order valence-electron chi connectivity index (χ4n) is 4.73. The van der Waals surface area contributed by atoms with Gasteiger partial charge < -0.3 is 10.1 Å². The third-order valence-electron chi connectivity index (χ3n) is 6.50. The number of anilines is 1. The molecule has 0 spiro atoms. The maximum absolute atomic E-state index is 12.9. The van der Waals surface area contributed by atoms with E-state index < -0.39 is 0 Å². The normalized spacial score (nSPS) is 22.5. The highest BCUT2D eigenvalue weighted by Crippen LogP contribution is 2.29. The Bertz CT molecular complexity index is 1070. The second kappa shape index (κ2) is 8.72. The van der Waals surface area contributed by atoms with Crippen molar-refractivity contribution < 1.29 is 9.53 Å². The molecule has 1 aromatic carbocycles. The van der Waals surface area contributed by atoms with Crippen LogP contribution in [-0.4, -0.2) is 63.1 Å². The Kier molecular flexibility index (Phi) is 5.65. The Labute approximate surface area is 181 Å². The van der Waals surface area contributed by atoms with Crippen LogP contribution < -0.4 is 5.32 Å². The van der Waals surface area contributed by atoms with Gasteiger partial charge in [0.1, 0.15) is 0 Å². The number of morpholine rings is 1. The Hall–Kier alpha value is -2.84. The van der Waals surface area contributed by atoms with Gasteiger partial charge in [0, 0.05) is 49.2 Å². The first-order valence-corrected chi connectivity index (χ1v) is 11.0. The van der Waals surface area contributed by atoms with Gasteiger partial charge in [0.05, 0.1) is 24.9 Å². The standard InChI is InChI=1S/C23H28N6O2/c1-28-15-19(14-24-28)17-4-7-21-18(12-17)13-22(27-26-21)25-23(30)16-2-5-20(6-3-16)29-8-10-31-11-9-29/h4,7,12-16,20H,2-3,5-6,8-11H2,1H3,(H,25,27,30)/t16-,20-. The molecule has 0 radical (unpaired) electrons. The van der Waals surface area contributed by atoms with Gasteiger partial charge in [0.15, 0.2) is 5.82 Å². The summed E-state index contributed by atoms with van der Waals surface area (Å²) in [5.74, 6) is 0.602. The lowest BCUT2D eigenvalue weighted by atomic mass is 9.84. The minimum Gasteiger partial charge on any atom is -0.379 e. The molecule has 1 saturated heterocycles. The number of hydrogen-bond acceptors (Lipinski definition) is 6. The second-order valence-corrected chi connectivity index (χ2v) is 8.55. The van der Waals surface area contributed by atoms with Gasteiger partial charge in [-0.1, -0.05) is 6.07 Å². The molecule has 1 saturated carbocycles. The first-order chi connectivity index (χ1) is 15.2. The smallest absolute Gasteiger partial charge is 0.228 e. The molecular weight excluding hydrogens is 392 g/mol. The summed E-state index contributed by atoms with van der Waals surface area (Å²) < 4.78 is 7.24. The summed E-state index contributed by atoms with van der Waals surface area (Å²) in [6, 6.07) is 8.51. The second-order valence-electron chi connectivity index (χ2n) is 8.55. The molecule has 162 valence electrons.